The summed E-state index contributed by atoms with van der Waals surface area (Å²) >= 11 is 0. The SMILES string of the molecule is C=CCN1CCC(NC(=NC)NCC2(c3cccc(C(F)(F)F)c3)CCC2)CC1.I. The Morgan fingerprint density at radius 3 is 2.53 bits per heavy atom. The van der Waals surface area contributed by atoms with Crippen molar-refractivity contribution in [3.63, 3.8) is 0 Å². The Kier molecular flexibility index (Phi) is 9.02. The maximum absolute atomic E-state index is 13.1. The van der Waals surface area contributed by atoms with Gasteiger partial charge in [0.15, 0.2) is 5.96 Å². The van der Waals surface area contributed by atoms with E-state index in [1.54, 1.807) is 7.05 Å². The summed E-state index contributed by atoms with van der Waals surface area (Å²) in [6, 6.07) is 6.15. The molecule has 0 bridgehead atoms. The van der Waals surface area contributed by atoms with Gasteiger partial charge >= 0.3 is 6.18 Å². The highest BCUT2D eigenvalue weighted by atomic mass is 127. The molecular weight excluding hydrogens is 504 g/mol. The first-order valence-corrected chi connectivity index (χ1v) is 10.3. The van der Waals surface area contributed by atoms with Crippen molar-refractivity contribution >= 4 is 29.9 Å². The Morgan fingerprint density at radius 2 is 2.00 bits per heavy atom. The van der Waals surface area contributed by atoms with Crippen molar-refractivity contribution in [1.82, 2.24) is 15.5 Å². The minimum atomic E-state index is -4.31. The summed E-state index contributed by atoms with van der Waals surface area (Å²) < 4.78 is 39.4. The average molecular weight is 536 g/mol. The Balaban J connectivity index is 0.00000320. The van der Waals surface area contributed by atoms with Gasteiger partial charge in [-0.2, -0.15) is 13.2 Å². The molecule has 30 heavy (non-hydrogen) atoms. The highest BCUT2D eigenvalue weighted by molar-refractivity contribution is 14.0. The number of nitrogens with zero attached hydrogens (tertiary/aromatic N) is 2. The van der Waals surface area contributed by atoms with E-state index in [1.165, 1.54) is 12.1 Å². The van der Waals surface area contributed by atoms with Gasteiger partial charge in [0, 0.05) is 44.7 Å². The number of hydrogen-bond acceptors (Lipinski definition) is 2. The first-order chi connectivity index (χ1) is 13.9. The van der Waals surface area contributed by atoms with Crippen molar-refractivity contribution < 1.29 is 13.2 Å². The molecule has 1 saturated carbocycles. The molecule has 8 heteroatoms. The molecule has 1 aliphatic heterocycles. The van der Waals surface area contributed by atoms with Crippen LogP contribution in [-0.2, 0) is 11.6 Å². The lowest BCUT2D eigenvalue weighted by Crippen LogP contribution is -2.52. The summed E-state index contributed by atoms with van der Waals surface area (Å²) in [7, 11) is 1.74. The quantitative estimate of drug-likeness (QED) is 0.243. The predicted molar refractivity (Wildman–Crippen MR) is 127 cm³/mol. The number of likely N-dealkylation sites (tertiary alicyclic amines) is 1. The molecular formula is C22H32F3IN4. The van der Waals surface area contributed by atoms with Gasteiger partial charge < -0.3 is 10.6 Å². The van der Waals surface area contributed by atoms with Crippen LogP contribution >= 0.6 is 24.0 Å². The molecule has 0 aromatic heterocycles. The molecule has 0 amide bonds. The average Bonchev–Trinajstić information content (AvgIpc) is 2.67. The van der Waals surface area contributed by atoms with Gasteiger partial charge in [0.25, 0.3) is 0 Å². The summed E-state index contributed by atoms with van der Waals surface area (Å²) in [5.74, 6) is 0.727. The largest absolute Gasteiger partial charge is 0.416 e. The van der Waals surface area contributed by atoms with E-state index in [1.807, 2.05) is 12.1 Å². The smallest absolute Gasteiger partial charge is 0.356 e. The van der Waals surface area contributed by atoms with Gasteiger partial charge in [0.1, 0.15) is 0 Å². The molecule has 3 rings (SSSR count). The summed E-state index contributed by atoms with van der Waals surface area (Å²) in [5.41, 5.74) is -0.0685. The number of halogens is 4. The Morgan fingerprint density at radius 1 is 1.30 bits per heavy atom. The molecule has 2 aliphatic rings. The van der Waals surface area contributed by atoms with Gasteiger partial charge in [-0.3, -0.25) is 9.89 Å². The summed E-state index contributed by atoms with van der Waals surface area (Å²) in [6.07, 6.45) is 2.50. The minimum Gasteiger partial charge on any atom is -0.356 e. The first-order valence-electron chi connectivity index (χ1n) is 10.3. The first kappa shape index (κ1) is 25.0. The Hall–Kier alpha value is -1.29. The number of nitrogens with one attached hydrogen (secondary N) is 2. The zero-order valence-corrected chi connectivity index (χ0v) is 19.8. The van der Waals surface area contributed by atoms with E-state index in [4.69, 9.17) is 0 Å². The van der Waals surface area contributed by atoms with Gasteiger partial charge in [-0.15, -0.1) is 30.6 Å². The third-order valence-corrected chi connectivity index (χ3v) is 6.25. The number of guanidine groups is 1. The standard InChI is InChI=1S/C22H31F3N4.HI/c1-3-12-29-13-8-19(9-14-29)28-20(26-2)27-16-21(10-5-11-21)17-6-4-7-18(15-17)22(23,24)25;/h3-4,6-7,15,19H,1,5,8-14,16H2,2H3,(H2,26,27,28);1H. The number of aliphatic imine (C=N–C) groups is 1. The van der Waals surface area contributed by atoms with Crippen molar-refractivity contribution in [2.45, 2.75) is 49.7 Å². The molecule has 1 heterocycles. The summed E-state index contributed by atoms with van der Waals surface area (Å²) in [4.78, 5) is 6.71. The van der Waals surface area contributed by atoms with Gasteiger partial charge in [-0.25, -0.2) is 0 Å². The monoisotopic (exact) mass is 536 g/mol. The number of rotatable bonds is 6. The number of piperidine rings is 1. The molecule has 1 aromatic carbocycles. The molecule has 2 N–H and O–H groups in total. The lowest BCUT2D eigenvalue weighted by Gasteiger charge is -2.43. The second-order valence-electron chi connectivity index (χ2n) is 8.15. The van der Waals surface area contributed by atoms with Crippen LogP contribution in [0.2, 0.25) is 0 Å². The van der Waals surface area contributed by atoms with Crippen LogP contribution in [0, 0.1) is 0 Å². The molecule has 4 nitrogen and oxygen atoms in total. The lowest BCUT2D eigenvalue weighted by atomic mass is 9.64. The number of alkyl halides is 3. The summed E-state index contributed by atoms with van der Waals surface area (Å²) in [5, 5.41) is 6.86. The van der Waals surface area contributed by atoms with E-state index in [2.05, 4.69) is 27.1 Å². The van der Waals surface area contributed by atoms with Gasteiger partial charge in [-0.1, -0.05) is 30.7 Å². The van der Waals surface area contributed by atoms with Crippen LogP contribution in [0.15, 0.2) is 41.9 Å². The van der Waals surface area contributed by atoms with Crippen LogP contribution in [0.5, 0.6) is 0 Å². The molecule has 1 aromatic rings. The van der Waals surface area contributed by atoms with Crippen LogP contribution in [0.3, 0.4) is 0 Å². The van der Waals surface area contributed by atoms with E-state index >= 15 is 0 Å². The molecule has 2 fully saturated rings. The van der Waals surface area contributed by atoms with Crippen LogP contribution in [-0.4, -0.2) is 50.1 Å². The molecule has 1 aliphatic carbocycles. The second-order valence-corrected chi connectivity index (χ2v) is 8.15. The molecule has 168 valence electrons. The molecule has 1 saturated heterocycles. The third-order valence-electron chi connectivity index (χ3n) is 6.25. The van der Waals surface area contributed by atoms with Crippen LogP contribution in [0.4, 0.5) is 13.2 Å². The topological polar surface area (TPSA) is 39.7 Å². The van der Waals surface area contributed by atoms with Crippen molar-refractivity contribution in [3.05, 3.63) is 48.0 Å². The number of hydrogen-bond donors (Lipinski definition) is 2. The highest BCUT2D eigenvalue weighted by Crippen LogP contribution is 2.44. The fourth-order valence-electron chi connectivity index (χ4n) is 4.28. The van der Waals surface area contributed by atoms with Crippen molar-refractivity contribution in [3.8, 4) is 0 Å². The molecule has 0 unspecified atom stereocenters. The van der Waals surface area contributed by atoms with Crippen LogP contribution in [0.25, 0.3) is 0 Å². The van der Waals surface area contributed by atoms with Crippen LogP contribution in [0.1, 0.15) is 43.2 Å². The van der Waals surface area contributed by atoms with E-state index in [9.17, 15) is 13.2 Å². The van der Waals surface area contributed by atoms with E-state index < -0.39 is 11.7 Å². The predicted octanol–water partition coefficient (Wildman–Crippen LogP) is 4.56. The fourth-order valence-corrected chi connectivity index (χ4v) is 4.28. The Bertz CT molecular complexity index is 723. The molecule has 0 atom stereocenters. The lowest BCUT2D eigenvalue weighted by molar-refractivity contribution is -0.137. The zero-order valence-electron chi connectivity index (χ0n) is 17.5. The van der Waals surface area contributed by atoms with E-state index in [0.717, 1.165) is 69.3 Å². The third kappa shape index (κ3) is 6.12. The maximum atomic E-state index is 13.1. The van der Waals surface area contributed by atoms with E-state index in [-0.39, 0.29) is 29.4 Å². The minimum absolute atomic E-state index is 0. The van der Waals surface area contributed by atoms with Crippen molar-refractivity contribution in [2.75, 3.05) is 33.2 Å². The van der Waals surface area contributed by atoms with Gasteiger partial charge in [0.05, 0.1) is 5.56 Å². The number of benzene rings is 1. The van der Waals surface area contributed by atoms with Crippen molar-refractivity contribution in [1.29, 1.82) is 0 Å². The zero-order chi connectivity index (χ0) is 20.9. The normalized spacial score (nSPS) is 20.1. The van der Waals surface area contributed by atoms with Gasteiger partial charge in [0.2, 0.25) is 0 Å². The van der Waals surface area contributed by atoms with Crippen LogP contribution < -0.4 is 10.6 Å². The summed E-state index contributed by atoms with van der Waals surface area (Å²) in [6.45, 7) is 7.34. The second kappa shape index (κ2) is 10.8. The molecule has 0 spiro atoms. The van der Waals surface area contributed by atoms with Gasteiger partial charge in [-0.05, 0) is 37.3 Å². The van der Waals surface area contributed by atoms with Crippen molar-refractivity contribution in [2.24, 2.45) is 4.99 Å². The highest BCUT2D eigenvalue weighted by Gasteiger charge is 2.40. The fraction of sp³-hybridized carbons (Fsp3) is 0.591. The van der Waals surface area contributed by atoms with E-state index in [0.29, 0.717) is 12.6 Å². The maximum Gasteiger partial charge on any atom is 0.416 e. The Labute approximate surface area is 194 Å². The molecule has 0 radical (unpaired) electrons.